The highest BCUT2D eigenvalue weighted by molar-refractivity contribution is 7.16. The molecule has 1 aliphatic rings. The number of nitro groups is 1. The normalized spacial score (nSPS) is 18.2. The van der Waals surface area contributed by atoms with Crippen molar-refractivity contribution in [2.24, 2.45) is 5.92 Å². The number of thiophene rings is 1. The van der Waals surface area contributed by atoms with Crippen LogP contribution in [0.1, 0.15) is 50.5 Å². The van der Waals surface area contributed by atoms with Crippen molar-refractivity contribution < 1.29 is 10.0 Å². The maximum atomic E-state index is 11.2. The molecule has 0 radical (unpaired) electrons. The fourth-order valence-electron chi connectivity index (χ4n) is 2.79. The van der Waals surface area contributed by atoms with Crippen molar-refractivity contribution in [1.82, 2.24) is 0 Å². The number of hydrogen-bond acceptors (Lipinski definition) is 5. The fraction of sp³-hybridized carbons (Fsp3) is 0.714. The van der Waals surface area contributed by atoms with E-state index in [0.717, 1.165) is 31.8 Å². The van der Waals surface area contributed by atoms with Gasteiger partial charge < -0.3 is 10.0 Å². The third-order valence-corrected chi connectivity index (χ3v) is 5.28. The highest BCUT2D eigenvalue weighted by Crippen LogP contribution is 2.41. The largest absolute Gasteiger partial charge is 0.388 e. The molecule has 1 atom stereocenters. The predicted octanol–water partition coefficient (Wildman–Crippen LogP) is 3.73. The minimum absolute atomic E-state index is 0.139. The van der Waals surface area contributed by atoms with E-state index in [-0.39, 0.29) is 10.6 Å². The molecule has 2 rings (SSSR count). The number of piperidine rings is 1. The Labute approximate surface area is 123 Å². The summed E-state index contributed by atoms with van der Waals surface area (Å²) in [6.07, 6.45) is 4.01. The minimum atomic E-state index is -0.648. The first-order valence-corrected chi connectivity index (χ1v) is 8.05. The van der Waals surface area contributed by atoms with Crippen LogP contribution in [-0.4, -0.2) is 23.1 Å². The van der Waals surface area contributed by atoms with E-state index < -0.39 is 6.10 Å². The summed E-state index contributed by atoms with van der Waals surface area (Å²) >= 11 is 1.35. The second-order valence-corrected chi connectivity index (χ2v) is 6.55. The molecule has 1 aromatic rings. The summed E-state index contributed by atoms with van der Waals surface area (Å²) in [5, 5.41) is 21.5. The lowest BCUT2D eigenvalue weighted by Gasteiger charge is -2.32. The third kappa shape index (κ3) is 3.30. The van der Waals surface area contributed by atoms with Gasteiger partial charge in [0.05, 0.1) is 11.0 Å². The Balaban J connectivity index is 2.14. The van der Waals surface area contributed by atoms with Crippen LogP contribution < -0.4 is 4.90 Å². The average molecular weight is 298 g/mol. The average Bonchev–Trinajstić information content (AvgIpc) is 2.85. The summed E-state index contributed by atoms with van der Waals surface area (Å²) in [7, 11) is 0. The second kappa shape index (κ2) is 6.54. The van der Waals surface area contributed by atoms with Gasteiger partial charge in [0.2, 0.25) is 0 Å². The number of anilines is 1. The smallest absolute Gasteiger partial charge is 0.304 e. The lowest BCUT2D eigenvalue weighted by molar-refractivity contribution is -0.383. The van der Waals surface area contributed by atoms with Crippen molar-refractivity contribution in [3.8, 4) is 0 Å². The molecule has 2 heterocycles. The molecule has 1 N–H and O–H groups in total. The molecule has 0 saturated carbocycles. The zero-order valence-electron chi connectivity index (χ0n) is 12.0. The summed E-state index contributed by atoms with van der Waals surface area (Å²) < 4.78 is 0. The molecule has 0 bridgehead atoms. The monoisotopic (exact) mass is 298 g/mol. The second-order valence-electron chi connectivity index (χ2n) is 5.49. The molecule has 6 heteroatoms. The van der Waals surface area contributed by atoms with Crippen molar-refractivity contribution in [2.45, 2.75) is 45.6 Å². The first kappa shape index (κ1) is 15.3. The van der Waals surface area contributed by atoms with E-state index >= 15 is 0 Å². The number of aliphatic hydroxyl groups excluding tert-OH is 1. The Kier molecular flexibility index (Phi) is 4.99. The van der Waals surface area contributed by atoms with Crippen molar-refractivity contribution in [3.63, 3.8) is 0 Å². The Morgan fingerprint density at radius 3 is 2.70 bits per heavy atom. The van der Waals surface area contributed by atoms with E-state index in [2.05, 4.69) is 11.8 Å². The number of rotatable bonds is 5. The van der Waals surface area contributed by atoms with Gasteiger partial charge in [0.1, 0.15) is 0 Å². The Hall–Kier alpha value is -1.14. The van der Waals surface area contributed by atoms with Crippen LogP contribution in [0.5, 0.6) is 0 Å². The first-order chi connectivity index (χ1) is 9.52. The van der Waals surface area contributed by atoms with E-state index in [1.54, 1.807) is 6.92 Å². The molecule has 5 nitrogen and oxygen atoms in total. The van der Waals surface area contributed by atoms with Gasteiger partial charge in [0.15, 0.2) is 5.00 Å². The SMILES string of the molecule is CCCC1CCN(c2sc(C(C)O)cc2[N+](=O)[O-])CC1. The summed E-state index contributed by atoms with van der Waals surface area (Å²) in [5.41, 5.74) is 0.139. The van der Waals surface area contributed by atoms with Gasteiger partial charge in [0, 0.05) is 24.0 Å². The predicted molar refractivity (Wildman–Crippen MR) is 81.5 cm³/mol. The summed E-state index contributed by atoms with van der Waals surface area (Å²) in [5.74, 6) is 0.756. The van der Waals surface area contributed by atoms with Gasteiger partial charge in [-0.2, -0.15) is 0 Å². The van der Waals surface area contributed by atoms with Gasteiger partial charge in [-0.15, -0.1) is 11.3 Å². The van der Waals surface area contributed by atoms with Crippen LogP contribution in [0, 0.1) is 16.0 Å². The minimum Gasteiger partial charge on any atom is -0.388 e. The van der Waals surface area contributed by atoms with E-state index in [1.807, 2.05) is 0 Å². The molecule has 1 aromatic heterocycles. The lowest BCUT2D eigenvalue weighted by Crippen LogP contribution is -2.33. The maximum absolute atomic E-state index is 11.2. The van der Waals surface area contributed by atoms with Gasteiger partial charge in [0.25, 0.3) is 0 Å². The Bertz CT molecular complexity index is 465. The quantitative estimate of drug-likeness (QED) is 0.664. The van der Waals surface area contributed by atoms with Gasteiger partial charge in [-0.1, -0.05) is 19.8 Å². The first-order valence-electron chi connectivity index (χ1n) is 7.24. The number of hydrogen-bond donors (Lipinski definition) is 1. The Morgan fingerprint density at radius 2 is 2.20 bits per heavy atom. The van der Waals surface area contributed by atoms with Crippen LogP contribution >= 0.6 is 11.3 Å². The molecule has 20 heavy (non-hydrogen) atoms. The molecular weight excluding hydrogens is 276 g/mol. The van der Waals surface area contributed by atoms with E-state index in [1.165, 1.54) is 30.2 Å². The number of nitrogens with zero attached hydrogens (tertiary/aromatic N) is 2. The summed E-state index contributed by atoms with van der Waals surface area (Å²) in [4.78, 5) is 13.6. The van der Waals surface area contributed by atoms with E-state index in [9.17, 15) is 15.2 Å². The molecule has 0 aliphatic carbocycles. The molecule has 0 amide bonds. The molecular formula is C14H22N2O3S. The molecule has 0 aromatic carbocycles. The molecule has 112 valence electrons. The Morgan fingerprint density at radius 1 is 1.55 bits per heavy atom. The zero-order valence-corrected chi connectivity index (χ0v) is 12.9. The molecule has 1 aliphatic heterocycles. The van der Waals surface area contributed by atoms with E-state index in [0.29, 0.717) is 9.88 Å². The molecule has 1 saturated heterocycles. The van der Waals surface area contributed by atoms with Gasteiger partial charge in [-0.05, 0) is 25.7 Å². The number of aliphatic hydroxyl groups is 1. The van der Waals surface area contributed by atoms with Gasteiger partial charge >= 0.3 is 5.69 Å². The highest BCUT2D eigenvalue weighted by atomic mass is 32.1. The van der Waals surface area contributed by atoms with Crippen LogP contribution in [0.15, 0.2) is 6.07 Å². The fourth-order valence-corrected chi connectivity index (χ4v) is 3.90. The summed E-state index contributed by atoms with van der Waals surface area (Å²) in [6.45, 7) is 5.61. The van der Waals surface area contributed by atoms with Crippen LogP contribution in [0.25, 0.3) is 0 Å². The van der Waals surface area contributed by atoms with Crippen molar-refractivity contribution in [3.05, 3.63) is 21.1 Å². The highest BCUT2D eigenvalue weighted by Gasteiger charge is 2.28. The van der Waals surface area contributed by atoms with Crippen molar-refractivity contribution in [1.29, 1.82) is 0 Å². The van der Waals surface area contributed by atoms with Crippen LogP contribution in [0.4, 0.5) is 10.7 Å². The van der Waals surface area contributed by atoms with Crippen molar-refractivity contribution >= 4 is 22.0 Å². The van der Waals surface area contributed by atoms with Gasteiger partial charge in [-0.3, -0.25) is 10.1 Å². The van der Waals surface area contributed by atoms with Crippen LogP contribution in [-0.2, 0) is 0 Å². The van der Waals surface area contributed by atoms with Crippen LogP contribution in [0.2, 0.25) is 0 Å². The molecule has 0 spiro atoms. The summed E-state index contributed by atoms with van der Waals surface area (Å²) in [6, 6.07) is 1.52. The third-order valence-electron chi connectivity index (χ3n) is 3.92. The molecule has 1 unspecified atom stereocenters. The van der Waals surface area contributed by atoms with Crippen LogP contribution in [0.3, 0.4) is 0 Å². The zero-order chi connectivity index (χ0) is 14.7. The maximum Gasteiger partial charge on any atom is 0.304 e. The van der Waals surface area contributed by atoms with Crippen molar-refractivity contribution in [2.75, 3.05) is 18.0 Å². The lowest BCUT2D eigenvalue weighted by atomic mass is 9.93. The molecule has 1 fully saturated rings. The van der Waals surface area contributed by atoms with E-state index in [4.69, 9.17) is 0 Å². The standard InChI is InChI=1S/C14H22N2O3S/c1-3-4-11-5-7-15(8-6-11)14-12(16(18)19)9-13(20-14)10(2)17/h9-11,17H,3-8H2,1-2H3. The topological polar surface area (TPSA) is 66.6 Å². The van der Waals surface area contributed by atoms with Gasteiger partial charge in [-0.25, -0.2) is 0 Å².